The van der Waals surface area contributed by atoms with E-state index in [9.17, 15) is 4.79 Å². The molecule has 5 nitrogen and oxygen atoms in total. The third kappa shape index (κ3) is 4.64. The van der Waals surface area contributed by atoms with Gasteiger partial charge in [0.15, 0.2) is 0 Å². The first-order valence-electron chi connectivity index (χ1n) is 6.94. The standard InChI is InChI=1S/C17H15Cl2NO4/c1-2-7-23-16-6-4-13(9-14(16)17(21)20-22)24-10-11-8-12(18)3-5-15(11)19/h2-6,8-9,22H,1,7,10H2,(H,20,21). The van der Waals surface area contributed by atoms with Gasteiger partial charge in [-0.05, 0) is 36.4 Å². The van der Waals surface area contributed by atoms with Gasteiger partial charge in [0.2, 0.25) is 0 Å². The Morgan fingerprint density at radius 1 is 1.21 bits per heavy atom. The second kappa shape index (κ2) is 8.59. The van der Waals surface area contributed by atoms with Crippen molar-refractivity contribution in [3.63, 3.8) is 0 Å². The average Bonchev–Trinajstić information content (AvgIpc) is 2.60. The topological polar surface area (TPSA) is 67.8 Å². The molecule has 24 heavy (non-hydrogen) atoms. The van der Waals surface area contributed by atoms with Gasteiger partial charge in [0.1, 0.15) is 24.7 Å². The van der Waals surface area contributed by atoms with Crippen LogP contribution in [0.3, 0.4) is 0 Å². The van der Waals surface area contributed by atoms with Crippen molar-refractivity contribution in [3.8, 4) is 11.5 Å². The minimum absolute atomic E-state index is 0.133. The Kier molecular flexibility index (Phi) is 6.49. The molecule has 2 rings (SSSR count). The molecule has 2 aromatic rings. The van der Waals surface area contributed by atoms with Crippen molar-refractivity contribution in [1.29, 1.82) is 0 Å². The molecule has 126 valence electrons. The van der Waals surface area contributed by atoms with Crippen molar-refractivity contribution in [1.82, 2.24) is 5.48 Å². The van der Waals surface area contributed by atoms with Gasteiger partial charge in [0, 0.05) is 15.6 Å². The molecule has 0 aliphatic heterocycles. The van der Waals surface area contributed by atoms with E-state index >= 15 is 0 Å². The zero-order valence-electron chi connectivity index (χ0n) is 12.6. The maximum Gasteiger partial charge on any atom is 0.278 e. The maximum absolute atomic E-state index is 11.8. The monoisotopic (exact) mass is 367 g/mol. The van der Waals surface area contributed by atoms with Gasteiger partial charge in [-0.1, -0.05) is 35.9 Å². The number of halogens is 2. The van der Waals surface area contributed by atoms with Crippen molar-refractivity contribution in [2.45, 2.75) is 6.61 Å². The molecule has 1 amide bonds. The minimum atomic E-state index is -0.708. The number of carbonyl (C=O) groups is 1. The summed E-state index contributed by atoms with van der Waals surface area (Å²) in [7, 11) is 0. The highest BCUT2D eigenvalue weighted by Gasteiger charge is 2.14. The Morgan fingerprint density at radius 3 is 2.71 bits per heavy atom. The van der Waals surface area contributed by atoms with E-state index in [4.69, 9.17) is 37.9 Å². The summed E-state index contributed by atoms with van der Waals surface area (Å²) in [4.78, 5) is 11.8. The third-order valence-corrected chi connectivity index (χ3v) is 3.66. The molecule has 0 spiro atoms. The summed E-state index contributed by atoms with van der Waals surface area (Å²) in [6.07, 6.45) is 1.55. The molecule has 0 unspecified atom stereocenters. The number of benzene rings is 2. The lowest BCUT2D eigenvalue weighted by molar-refractivity contribution is 0.0702. The number of rotatable bonds is 7. The molecular formula is C17H15Cl2NO4. The lowest BCUT2D eigenvalue weighted by Gasteiger charge is -2.12. The molecule has 0 heterocycles. The summed E-state index contributed by atoms with van der Waals surface area (Å²) in [5.41, 5.74) is 2.42. The smallest absolute Gasteiger partial charge is 0.278 e. The van der Waals surface area contributed by atoms with E-state index in [1.807, 2.05) is 0 Å². The van der Waals surface area contributed by atoms with Crippen LogP contribution in [0.2, 0.25) is 10.0 Å². The Morgan fingerprint density at radius 2 is 2.00 bits per heavy atom. The summed E-state index contributed by atoms with van der Waals surface area (Å²) in [6.45, 7) is 3.94. The van der Waals surface area contributed by atoms with Gasteiger partial charge in [-0.2, -0.15) is 0 Å². The van der Waals surface area contributed by atoms with E-state index in [0.29, 0.717) is 27.1 Å². The Hall–Kier alpha value is -2.21. The molecule has 0 saturated carbocycles. The summed E-state index contributed by atoms with van der Waals surface area (Å²) < 4.78 is 11.0. The second-order valence-electron chi connectivity index (χ2n) is 4.72. The zero-order valence-corrected chi connectivity index (χ0v) is 14.1. The average molecular weight is 368 g/mol. The predicted molar refractivity (Wildman–Crippen MR) is 92.2 cm³/mol. The highest BCUT2D eigenvalue weighted by molar-refractivity contribution is 6.33. The number of hydrogen-bond acceptors (Lipinski definition) is 4. The zero-order chi connectivity index (χ0) is 17.5. The molecule has 0 aromatic heterocycles. The van der Waals surface area contributed by atoms with Gasteiger partial charge in [0.25, 0.3) is 5.91 Å². The molecule has 0 bridgehead atoms. The fourth-order valence-corrected chi connectivity index (χ4v) is 2.29. The first kappa shape index (κ1) is 18.1. The van der Waals surface area contributed by atoms with Crippen LogP contribution >= 0.6 is 23.2 Å². The van der Waals surface area contributed by atoms with E-state index in [1.54, 1.807) is 41.9 Å². The Bertz CT molecular complexity index is 749. The van der Waals surface area contributed by atoms with Crippen LogP contribution < -0.4 is 15.0 Å². The van der Waals surface area contributed by atoms with Gasteiger partial charge >= 0.3 is 0 Å². The molecule has 2 aromatic carbocycles. The van der Waals surface area contributed by atoms with E-state index in [0.717, 1.165) is 0 Å². The number of hydroxylamine groups is 1. The van der Waals surface area contributed by atoms with E-state index < -0.39 is 5.91 Å². The van der Waals surface area contributed by atoms with E-state index in [1.165, 1.54) is 6.07 Å². The number of ether oxygens (including phenoxy) is 2. The first-order valence-corrected chi connectivity index (χ1v) is 7.69. The first-order chi connectivity index (χ1) is 11.5. The van der Waals surface area contributed by atoms with Crippen molar-refractivity contribution >= 4 is 29.1 Å². The lowest BCUT2D eigenvalue weighted by Crippen LogP contribution is -2.19. The molecular weight excluding hydrogens is 353 g/mol. The molecule has 2 N–H and O–H groups in total. The molecule has 0 aliphatic carbocycles. The number of carbonyl (C=O) groups excluding carboxylic acids is 1. The lowest BCUT2D eigenvalue weighted by atomic mass is 10.1. The van der Waals surface area contributed by atoms with Crippen LogP contribution in [-0.4, -0.2) is 17.7 Å². The Labute approximate surface area is 149 Å². The van der Waals surface area contributed by atoms with E-state index in [2.05, 4.69) is 6.58 Å². The third-order valence-electron chi connectivity index (χ3n) is 3.06. The van der Waals surface area contributed by atoms with E-state index in [-0.39, 0.29) is 18.8 Å². The predicted octanol–water partition coefficient (Wildman–Crippen LogP) is 4.26. The van der Waals surface area contributed by atoms with Crippen molar-refractivity contribution in [2.24, 2.45) is 0 Å². The van der Waals surface area contributed by atoms with Gasteiger partial charge < -0.3 is 9.47 Å². The van der Waals surface area contributed by atoms with Crippen molar-refractivity contribution in [2.75, 3.05) is 6.61 Å². The summed E-state index contributed by atoms with van der Waals surface area (Å²) in [6, 6.07) is 9.74. The fourth-order valence-electron chi connectivity index (χ4n) is 1.93. The number of hydrogen-bond donors (Lipinski definition) is 2. The maximum atomic E-state index is 11.8. The highest BCUT2D eigenvalue weighted by atomic mass is 35.5. The van der Waals surface area contributed by atoms with Crippen LogP contribution in [0.25, 0.3) is 0 Å². The Balaban J connectivity index is 2.19. The summed E-state index contributed by atoms with van der Waals surface area (Å²) in [5.74, 6) is 0.00508. The normalized spacial score (nSPS) is 10.1. The van der Waals surface area contributed by atoms with Gasteiger partial charge in [-0.15, -0.1) is 0 Å². The summed E-state index contributed by atoms with van der Waals surface area (Å²) in [5, 5.41) is 9.93. The quantitative estimate of drug-likeness (QED) is 0.435. The highest BCUT2D eigenvalue weighted by Crippen LogP contribution is 2.27. The van der Waals surface area contributed by atoms with Gasteiger partial charge in [-0.3, -0.25) is 10.0 Å². The van der Waals surface area contributed by atoms with Crippen LogP contribution in [0.15, 0.2) is 49.1 Å². The molecule has 7 heteroatoms. The SMILES string of the molecule is C=CCOc1ccc(OCc2cc(Cl)ccc2Cl)cc1C(=O)NO. The van der Waals surface area contributed by atoms with Crippen LogP contribution in [0, 0.1) is 0 Å². The number of amides is 1. The van der Waals surface area contributed by atoms with Gasteiger partial charge in [-0.25, -0.2) is 5.48 Å². The second-order valence-corrected chi connectivity index (χ2v) is 5.57. The molecule has 0 saturated heterocycles. The molecule has 0 radical (unpaired) electrons. The minimum Gasteiger partial charge on any atom is -0.489 e. The summed E-state index contributed by atoms with van der Waals surface area (Å²) >= 11 is 12.0. The molecule has 0 aliphatic rings. The van der Waals surface area contributed by atoms with Gasteiger partial charge in [0.05, 0.1) is 5.56 Å². The largest absolute Gasteiger partial charge is 0.489 e. The van der Waals surface area contributed by atoms with Crippen LogP contribution in [0.5, 0.6) is 11.5 Å². The van der Waals surface area contributed by atoms with Crippen LogP contribution in [0.4, 0.5) is 0 Å². The van der Waals surface area contributed by atoms with Crippen molar-refractivity contribution in [3.05, 3.63) is 70.2 Å². The fraction of sp³-hybridized carbons (Fsp3) is 0.118. The number of nitrogens with one attached hydrogen (secondary N) is 1. The molecule has 0 fully saturated rings. The van der Waals surface area contributed by atoms with Crippen molar-refractivity contribution < 1.29 is 19.5 Å². The van der Waals surface area contributed by atoms with Crippen LogP contribution in [-0.2, 0) is 6.61 Å². The molecule has 0 atom stereocenters. The van der Waals surface area contributed by atoms with Crippen LogP contribution in [0.1, 0.15) is 15.9 Å².